The van der Waals surface area contributed by atoms with Crippen LogP contribution in [0, 0.1) is 10.8 Å². The molecule has 37 heavy (non-hydrogen) atoms. The summed E-state index contributed by atoms with van der Waals surface area (Å²) < 4.78 is 5.83. The lowest BCUT2D eigenvalue weighted by molar-refractivity contribution is -0.171. The minimum Gasteiger partial charge on any atom is -0.453 e. The molecule has 0 heterocycles. The minimum atomic E-state index is -0.780. The number of nitrogens with one attached hydrogen (secondary N) is 1. The van der Waals surface area contributed by atoms with Crippen molar-refractivity contribution in [2.75, 3.05) is 0 Å². The van der Waals surface area contributed by atoms with E-state index in [0.29, 0.717) is 12.8 Å². The Balaban J connectivity index is 1.91. The second kappa shape index (κ2) is 15.0. The molecule has 0 spiro atoms. The highest BCUT2D eigenvalue weighted by atomic mass is 16.7. The van der Waals surface area contributed by atoms with Crippen molar-refractivity contribution in [1.29, 1.82) is 0 Å². The number of allylic oxidation sites excluding steroid dienone is 1. The van der Waals surface area contributed by atoms with Crippen LogP contribution in [0.25, 0.3) is 0 Å². The van der Waals surface area contributed by atoms with Gasteiger partial charge in [-0.1, -0.05) is 90.0 Å². The Morgan fingerprint density at radius 1 is 1.00 bits per heavy atom. The summed E-state index contributed by atoms with van der Waals surface area (Å²) in [6.07, 6.45) is 16.5. The van der Waals surface area contributed by atoms with E-state index in [1.807, 2.05) is 6.92 Å². The van der Waals surface area contributed by atoms with Crippen LogP contribution in [-0.4, -0.2) is 29.9 Å². The van der Waals surface area contributed by atoms with Crippen molar-refractivity contribution in [2.24, 2.45) is 10.8 Å². The van der Waals surface area contributed by atoms with Crippen LogP contribution in [0.5, 0.6) is 0 Å². The summed E-state index contributed by atoms with van der Waals surface area (Å²) in [6, 6.07) is -0.780. The number of hydrogen-bond donors (Lipinski definition) is 1. The molecule has 0 aliphatic heterocycles. The van der Waals surface area contributed by atoms with Gasteiger partial charge in [0.1, 0.15) is 6.04 Å². The van der Waals surface area contributed by atoms with E-state index in [1.165, 1.54) is 50.5 Å². The third-order valence-electron chi connectivity index (χ3n) is 8.18. The molecule has 2 aliphatic carbocycles. The smallest absolute Gasteiger partial charge is 0.330 e. The van der Waals surface area contributed by atoms with E-state index >= 15 is 0 Å². The molecule has 6 nitrogen and oxygen atoms in total. The number of carbonyl (C=O) groups excluding carboxylic acids is 3. The van der Waals surface area contributed by atoms with Crippen LogP contribution in [0.4, 0.5) is 0 Å². The number of hydroxylamine groups is 1. The third kappa shape index (κ3) is 9.85. The van der Waals surface area contributed by atoms with Gasteiger partial charge in [-0.3, -0.25) is 9.59 Å². The number of fused-ring (bicyclic) bond motifs is 1. The topological polar surface area (TPSA) is 81.7 Å². The van der Waals surface area contributed by atoms with Crippen molar-refractivity contribution in [2.45, 2.75) is 156 Å². The lowest BCUT2D eigenvalue weighted by Crippen LogP contribution is -2.46. The first-order valence-electron chi connectivity index (χ1n) is 14.9. The van der Waals surface area contributed by atoms with Gasteiger partial charge in [0.2, 0.25) is 0 Å². The minimum absolute atomic E-state index is 0.0768. The van der Waals surface area contributed by atoms with Gasteiger partial charge in [0.25, 0.3) is 0 Å². The molecule has 1 N–H and O–H groups in total. The lowest BCUT2D eigenvalue weighted by atomic mass is 9.63. The second-order valence-electron chi connectivity index (χ2n) is 12.6. The van der Waals surface area contributed by atoms with Crippen molar-refractivity contribution in [3.63, 3.8) is 0 Å². The van der Waals surface area contributed by atoms with Crippen LogP contribution in [0.1, 0.15) is 144 Å². The largest absolute Gasteiger partial charge is 0.453 e. The molecule has 212 valence electrons. The number of unbranched alkanes of at least 4 members (excludes halogenated alkanes) is 9. The van der Waals surface area contributed by atoms with Gasteiger partial charge >= 0.3 is 11.9 Å². The average molecular weight is 520 g/mol. The maximum atomic E-state index is 13.2. The highest BCUT2D eigenvalue weighted by Crippen LogP contribution is 2.49. The van der Waals surface area contributed by atoms with Crippen LogP contribution in [-0.2, 0) is 24.0 Å². The summed E-state index contributed by atoms with van der Waals surface area (Å²) in [6.45, 7) is 11.6. The number of Topliss-reactive ketones (excluding diaryl/α,β-unsaturated/α-hetero) is 1. The Bertz CT molecular complexity index is 796. The second-order valence-corrected chi connectivity index (χ2v) is 12.6. The molecule has 0 aromatic rings. The van der Waals surface area contributed by atoms with E-state index in [2.05, 4.69) is 19.3 Å². The average Bonchev–Trinajstić information content (AvgIpc) is 2.84. The molecule has 3 atom stereocenters. The van der Waals surface area contributed by atoms with Gasteiger partial charge in [-0.15, -0.1) is 5.48 Å². The molecule has 2 aliphatic rings. The summed E-state index contributed by atoms with van der Waals surface area (Å²) in [5.74, 6) is -1.01. The highest BCUT2D eigenvalue weighted by Gasteiger charge is 2.44. The fourth-order valence-corrected chi connectivity index (χ4v) is 5.68. The molecule has 0 aromatic heterocycles. The molecule has 6 heteroatoms. The van der Waals surface area contributed by atoms with Crippen molar-refractivity contribution in [1.82, 2.24) is 5.48 Å². The fraction of sp³-hybridized carbons (Fsp3) is 0.839. The van der Waals surface area contributed by atoms with Gasteiger partial charge < -0.3 is 9.57 Å². The number of esters is 1. The summed E-state index contributed by atoms with van der Waals surface area (Å²) in [5.41, 5.74) is 3.93. The molecule has 0 amide bonds. The molecule has 0 aromatic carbocycles. The van der Waals surface area contributed by atoms with Gasteiger partial charge in [0.05, 0.1) is 5.41 Å². The van der Waals surface area contributed by atoms with Crippen molar-refractivity contribution in [3.05, 3.63) is 11.1 Å². The molecule has 0 bridgehead atoms. The predicted octanol–water partition coefficient (Wildman–Crippen LogP) is 7.54. The molecule has 0 radical (unpaired) electrons. The fourth-order valence-electron chi connectivity index (χ4n) is 5.68. The Labute approximate surface area is 225 Å². The third-order valence-corrected chi connectivity index (χ3v) is 8.18. The van der Waals surface area contributed by atoms with Gasteiger partial charge in [-0.2, -0.15) is 0 Å². The summed E-state index contributed by atoms with van der Waals surface area (Å²) >= 11 is 0. The quantitative estimate of drug-likeness (QED) is 0.137. The van der Waals surface area contributed by atoms with E-state index in [0.717, 1.165) is 50.5 Å². The van der Waals surface area contributed by atoms with Gasteiger partial charge in [0, 0.05) is 6.42 Å². The van der Waals surface area contributed by atoms with Crippen LogP contribution in [0.3, 0.4) is 0 Å². The molecule has 1 saturated carbocycles. The van der Waals surface area contributed by atoms with Crippen molar-refractivity contribution < 1.29 is 24.0 Å². The van der Waals surface area contributed by atoms with Crippen LogP contribution in [0.2, 0.25) is 0 Å². The van der Waals surface area contributed by atoms with Gasteiger partial charge in [-0.25, -0.2) is 4.79 Å². The van der Waals surface area contributed by atoms with E-state index in [4.69, 9.17) is 9.57 Å². The Morgan fingerprint density at radius 3 is 2.19 bits per heavy atom. The number of ketones is 1. The summed E-state index contributed by atoms with van der Waals surface area (Å²) in [5, 5.41) is 0. The molecular formula is C31H53NO5. The van der Waals surface area contributed by atoms with Crippen molar-refractivity contribution >= 4 is 17.7 Å². The molecule has 2 rings (SSSR count). The SMILES string of the molecule is CCCCCCCCCCCCC(NOC(=O)C(C)(C)C)C(=O)O[C@H]1C[C@]2(C)CCCCC2=C(C)C1=O. The van der Waals surface area contributed by atoms with E-state index in [-0.39, 0.29) is 11.2 Å². The monoisotopic (exact) mass is 519 g/mol. The predicted molar refractivity (Wildman–Crippen MR) is 148 cm³/mol. The van der Waals surface area contributed by atoms with Crippen LogP contribution < -0.4 is 5.48 Å². The number of ether oxygens (including phenoxy) is 1. The maximum Gasteiger partial charge on any atom is 0.330 e. The van der Waals surface area contributed by atoms with E-state index in [9.17, 15) is 14.4 Å². The van der Waals surface area contributed by atoms with Gasteiger partial charge in [0.15, 0.2) is 11.9 Å². The first kappa shape index (κ1) is 31.5. The Morgan fingerprint density at radius 2 is 1.59 bits per heavy atom. The van der Waals surface area contributed by atoms with E-state index in [1.54, 1.807) is 20.8 Å². The van der Waals surface area contributed by atoms with Crippen LogP contribution in [0.15, 0.2) is 11.1 Å². The Kier molecular flexibility index (Phi) is 12.8. The molecule has 1 fully saturated rings. The molecule has 1 unspecified atom stereocenters. The highest BCUT2D eigenvalue weighted by molar-refractivity contribution is 6.01. The number of rotatable bonds is 15. The normalized spacial score (nSPS) is 23.0. The standard InChI is InChI=1S/C31H53NO5/c1-7-8-9-10-11-12-13-14-15-16-20-25(32-37-29(35)30(3,4)5)28(34)36-26-22-31(6)21-18-17-19-24(31)23(2)27(26)33/h25-26,32H,7-22H2,1-6H3/t25?,26-,31-/m0/s1. The number of hydrogen-bond acceptors (Lipinski definition) is 6. The van der Waals surface area contributed by atoms with E-state index < -0.39 is 29.5 Å². The van der Waals surface area contributed by atoms with Crippen LogP contribution >= 0.6 is 0 Å². The first-order valence-corrected chi connectivity index (χ1v) is 14.9. The summed E-state index contributed by atoms with van der Waals surface area (Å²) in [7, 11) is 0. The van der Waals surface area contributed by atoms with Gasteiger partial charge in [-0.05, 0) is 64.4 Å². The zero-order valence-corrected chi connectivity index (χ0v) is 24.5. The molecule has 0 saturated heterocycles. The number of carbonyl (C=O) groups is 3. The van der Waals surface area contributed by atoms with Crippen molar-refractivity contribution in [3.8, 4) is 0 Å². The zero-order valence-electron chi connectivity index (χ0n) is 24.5. The zero-order chi connectivity index (χ0) is 27.5. The maximum absolute atomic E-state index is 13.2. The Hall–Kier alpha value is -1.69. The first-order chi connectivity index (χ1) is 17.5. The summed E-state index contributed by atoms with van der Waals surface area (Å²) in [4.78, 5) is 43.9. The molecular weight excluding hydrogens is 466 g/mol. The lowest BCUT2D eigenvalue weighted by Gasteiger charge is -2.43.